The normalized spacial score (nSPS) is 23.6. The standard InChI is InChI=1S/C12H16FN3O/c13-9-4-5-11(15-7-9)16-12(17)10-3-1-2-8(10)6-14/h4-5,7-8,10H,1-3,6,14H2,(H,15,16,17)/t8-,10-/m1/s1. The first kappa shape index (κ1) is 12.0. The Morgan fingerprint density at radius 2 is 2.35 bits per heavy atom. The summed E-state index contributed by atoms with van der Waals surface area (Å²) in [6, 6.07) is 2.73. The number of aromatic nitrogens is 1. The Labute approximate surface area is 99.4 Å². The SMILES string of the molecule is NC[C@H]1CCC[C@H]1C(=O)Nc1ccc(F)cn1. The van der Waals surface area contributed by atoms with Crippen molar-refractivity contribution >= 4 is 11.7 Å². The second-order valence-electron chi connectivity index (χ2n) is 4.38. The van der Waals surface area contributed by atoms with Crippen molar-refractivity contribution in [3.63, 3.8) is 0 Å². The van der Waals surface area contributed by atoms with Gasteiger partial charge in [0.25, 0.3) is 0 Å². The highest BCUT2D eigenvalue weighted by atomic mass is 19.1. The number of rotatable bonds is 3. The number of hydrogen-bond donors (Lipinski definition) is 2. The van der Waals surface area contributed by atoms with Gasteiger partial charge in [-0.1, -0.05) is 6.42 Å². The van der Waals surface area contributed by atoms with Crippen LogP contribution in [0.4, 0.5) is 10.2 Å². The Kier molecular flexibility index (Phi) is 3.68. The van der Waals surface area contributed by atoms with E-state index in [1.165, 1.54) is 12.1 Å². The molecule has 1 amide bonds. The van der Waals surface area contributed by atoms with Gasteiger partial charge in [-0.15, -0.1) is 0 Å². The third kappa shape index (κ3) is 2.79. The maximum atomic E-state index is 12.6. The molecule has 0 saturated heterocycles. The van der Waals surface area contributed by atoms with Crippen LogP contribution in [0.5, 0.6) is 0 Å². The quantitative estimate of drug-likeness (QED) is 0.837. The van der Waals surface area contributed by atoms with Crippen molar-refractivity contribution in [2.24, 2.45) is 17.6 Å². The van der Waals surface area contributed by atoms with Gasteiger partial charge in [0.15, 0.2) is 0 Å². The van der Waals surface area contributed by atoms with Crippen molar-refractivity contribution in [1.82, 2.24) is 4.98 Å². The number of nitrogens with two attached hydrogens (primary N) is 1. The highest BCUT2D eigenvalue weighted by Crippen LogP contribution is 2.31. The van der Waals surface area contributed by atoms with Crippen molar-refractivity contribution in [2.75, 3.05) is 11.9 Å². The average molecular weight is 237 g/mol. The van der Waals surface area contributed by atoms with Gasteiger partial charge in [-0.3, -0.25) is 4.79 Å². The molecule has 2 atom stereocenters. The number of nitrogens with zero attached hydrogens (tertiary/aromatic N) is 1. The molecule has 1 aromatic rings. The predicted molar refractivity (Wildman–Crippen MR) is 62.7 cm³/mol. The van der Waals surface area contributed by atoms with Crippen molar-refractivity contribution in [3.8, 4) is 0 Å². The summed E-state index contributed by atoms with van der Waals surface area (Å²) >= 11 is 0. The summed E-state index contributed by atoms with van der Waals surface area (Å²) in [5.41, 5.74) is 5.63. The number of nitrogens with one attached hydrogen (secondary N) is 1. The molecule has 1 aliphatic carbocycles. The molecule has 17 heavy (non-hydrogen) atoms. The maximum absolute atomic E-state index is 12.6. The topological polar surface area (TPSA) is 68.0 Å². The highest BCUT2D eigenvalue weighted by Gasteiger charge is 2.31. The predicted octanol–water partition coefficient (Wildman–Crippen LogP) is 1.53. The largest absolute Gasteiger partial charge is 0.330 e. The van der Waals surface area contributed by atoms with Crippen LogP contribution in [0.3, 0.4) is 0 Å². The highest BCUT2D eigenvalue weighted by molar-refractivity contribution is 5.92. The Bertz CT molecular complexity index is 393. The number of carbonyl (C=O) groups is 1. The number of amides is 1. The minimum atomic E-state index is -0.413. The van der Waals surface area contributed by atoms with Crippen LogP contribution in [0.1, 0.15) is 19.3 Å². The van der Waals surface area contributed by atoms with E-state index in [2.05, 4.69) is 10.3 Å². The molecule has 1 fully saturated rings. The van der Waals surface area contributed by atoms with Crippen molar-refractivity contribution in [2.45, 2.75) is 19.3 Å². The molecule has 5 heteroatoms. The summed E-state index contributed by atoms with van der Waals surface area (Å²) in [5.74, 6) is 0.141. The molecule has 0 bridgehead atoms. The van der Waals surface area contributed by atoms with Crippen LogP contribution in [0.2, 0.25) is 0 Å². The Balaban J connectivity index is 1.99. The van der Waals surface area contributed by atoms with Gasteiger partial charge in [0.05, 0.1) is 6.20 Å². The zero-order valence-corrected chi connectivity index (χ0v) is 9.53. The van der Waals surface area contributed by atoms with Crippen molar-refractivity contribution < 1.29 is 9.18 Å². The summed E-state index contributed by atoms with van der Waals surface area (Å²) < 4.78 is 12.6. The molecule has 0 aliphatic heterocycles. The van der Waals surface area contributed by atoms with E-state index in [0.717, 1.165) is 25.5 Å². The van der Waals surface area contributed by atoms with Crippen LogP contribution in [-0.2, 0) is 4.79 Å². The summed E-state index contributed by atoms with van der Waals surface area (Å²) in [4.78, 5) is 15.8. The lowest BCUT2D eigenvalue weighted by Crippen LogP contribution is -2.30. The van der Waals surface area contributed by atoms with Gasteiger partial charge in [-0.05, 0) is 37.4 Å². The lowest BCUT2D eigenvalue weighted by molar-refractivity contribution is -0.120. The molecule has 92 valence electrons. The van der Waals surface area contributed by atoms with Gasteiger partial charge in [-0.2, -0.15) is 0 Å². The molecule has 2 rings (SSSR count). The minimum Gasteiger partial charge on any atom is -0.330 e. The van der Waals surface area contributed by atoms with Gasteiger partial charge >= 0.3 is 0 Å². The summed E-state index contributed by atoms with van der Waals surface area (Å²) in [5, 5.41) is 2.70. The molecule has 0 spiro atoms. The van der Waals surface area contributed by atoms with E-state index in [4.69, 9.17) is 5.73 Å². The molecule has 0 radical (unpaired) electrons. The van der Waals surface area contributed by atoms with Crippen LogP contribution in [0, 0.1) is 17.7 Å². The van der Waals surface area contributed by atoms with Gasteiger partial charge in [-0.25, -0.2) is 9.37 Å². The van der Waals surface area contributed by atoms with Crippen molar-refractivity contribution in [1.29, 1.82) is 0 Å². The second-order valence-corrected chi connectivity index (χ2v) is 4.38. The van der Waals surface area contributed by atoms with Gasteiger partial charge < -0.3 is 11.1 Å². The third-order valence-corrected chi connectivity index (χ3v) is 3.28. The number of halogens is 1. The number of hydrogen-bond acceptors (Lipinski definition) is 3. The van der Waals surface area contributed by atoms with Crippen LogP contribution in [0.15, 0.2) is 18.3 Å². The smallest absolute Gasteiger partial charge is 0.228 e. The number of anilines is 1. The fourth-order valence-corrected chi connectivity index (χ4v) is 2.33. The molecule has 3 N–H and O–H groups in total. The zero-order valence-electron chi connectivity index (χ0n) is 9.53. The van der Waals surface area contributed by atoms with E-state index < -0.39 is 5.82 Å². The van der Waals surface area contributed by atoms with E-state index in [1.54, 1.807) is 0 Å². The Morgan fingerprint density at radius 1 is 1.53 bits per heavy atom. The molecule has 1 aromatic heterocycles. The van der Waals surface area contributed by atoms with E-state index in [1.807, 2.05) is 0 Å². The van der Waals surface area contributed by atoms with Gasteiger partial charge in [0.2, 0.25) is 5.91 Å². The second kappa shape index (κ2) is 5.23. The van der Waals surface area contributed by atoms with E-state index in [0.29, 0.717) is 12.4 Å². The molecule has 1 aliphatic rings. The van der Waals surface area contributed by atoms with Crippen LogP contribution >= 0.6 is 0 Å². The van der Waals surface area contributed by atoms with E-state index in [-0.39, 0.29) is 17.7 Å². The molecule has 1 saturated carbocycles. The third-order valence-electron chi connectivity index (χ3n) is 3.28. The van der Waals surface area contributed by atoms with E-state index >= 15 is 0 Å². The fourth-order valence-electron chi connectivity index (χ4n) is 2.33. The van der Waals surface area contributed by atoms with E-state index in [9.17, 15) is 9.18 Å². The zero-order chi connectivity index (χ0) is 12.3. The fraction of sp³-hybridized carbons (Fsp3) is 0.500. The molecular formula is C12H16FN3O. The first-order valence-corrected chi connectivity index (χ1v) is 5.83. The number of carbonyl (C=O) groups excluding carboxylic acids is 1. The minimum absolute atomic E-state index is 0.0353. The Hall–Kier alpha value is -1.49. The summed E-state index contributed by atoms with van der Waals surface area (Å²) in [6.07, 6.45) is 4.00. The molecular weight excluding hydrogens is 221 g/mol. The first-order chi connectivity index (χ1) is 8.20. The number of pyridine rings is 1. The van der Waals surface area contributed by atoms with Crippen LogP contribution in [-0.4, -0.2) is 17.4 Å². The van der Waals surface area contributed by atoms with Gasteiger partial charge in [0, 0.05) is 5.92 Å². The first-order valence-electron chi connectivity index (χ1n) is 5.83. The Morgan fingerprint density at radius 3 is 3.00 bits per heavy atom. The van der Waals surface area contributed by atoms with Crippen LogP contribution < -0.4 is 11.1 Å². The molecule has 0 unspecified atom stereocenters. The molecule has 1 heterocycles. The summed E-state index contributed by atoms with van der Waals surface area (Å²) in [6.45, 7) is 0.537. The van der Waals surface area contributed by atoms with Gasteiger partial charge in [0.1, 0.15) is 11.6 Å². The molecule has 4 nitrogen and oxygen atoms in total. The summed E-state index contributed by atoms with van der Waals surface area (Å²) in [7, 11) is 0. The van der Waals surface area contributed by atoms with Crippen LogP contribution in [0.25, 0.3) is 0 Å². The maximum Gasteiger partial charge on any atom is 0.228 e. The monoisotopic (exact) mass is 237 g/mol. The average Bonchev–Trinajstić information content (AvgIpc) is 2.80. The lowest BCUT2D eigenvalue weighted by Gasteiger charge is -2.16. The lowest BCUT2D eigenvalue weighted by atomic mass is 9.95. The molecule has 0 aromatic carbocycles. The van der Waals surface area contributed by atoms with Crippen molar-refractivity contribution in [3.05, 3.63) is 24.1 Å².